The summed E-state index contributed by atoms with van der Waals surface area (Å²) in [6, 6.07) is -0.231. The van der Waals surface area contributed by atoms with Gasteiger partial charge in [0, 0.05) is 13.2 Å². The van der Waals surface area contributed by atoms with Crippen LogP contribution in [0, 0.1) is 0 Å². The van der Waals surface area contributed by atoms with E-state index in [2.05, 4.69) is 4.72 Å². The first-order valence-electron chi connectivity index (χ1n) is 4.23. The van der Waals surface area contributed by atoms with Crippen molar-refractivity contribution in [3.05, 3.63) is 0 Å². The van der Waals surface area contributed by atoms with Gasteiger partial charge in [-0.05, 0) is 13.8 Å². The van der Waals surface area contributed by atoms with Crippen LogP contribution >= 0.6 is 0 Å². The highest BCUT2D eigenvalue weighted by Gasteiger charge is 2.10. The fourth-order valence-corrected chi connectivity index (χ4v) is 1.20. The molecule has 6 heteroatoms. The molecule has 0 rings (SSSR count). The summed E-state index contributed by atoms with van der Waals surface area (Å²) >= 11 is -2.01. The first-order chi connectivity index (χ1) is 6.20. The minimum Gasteiger partial charge on any atom is -0.380 e. The summed E-state index contributed by atoms with van der Waals surface area (Å²) in [6.07, 6.45) is 0. The predicted molar refractivity (Wildman–Crippen MR) is 50.7 cm³/mol. The normalized spacial score (nSPS) is 13.5. The Kier molecular flexibility index (Phi) is 8.58. The predicted octanol–water partition coefficient (Wildman–Crippen LogP) is 0.154. The van der Waals surface area contributed by atoms with Gasteiger partial charge in [-0.2, -0.15) is 0 Å². The average molecular weight is 211 g/mol. The van der Waals surface area contributed by atoms with Crippen molar-refractivity contribution in [1.82, 2.24) is 4.72 Å². The molecule has 0 aromatic rings. The molecule has 0 aromatic carbocycles. The Bertz CT molecular complexity index is 136. The van der Waals surface area contributed by atoms with E-state index in [4.69, 9.17) is 14.0 Å². The summed E-state index contributed by atoms with van der Waals surface area (Å²) in [4.78, 5) is 0. The maximum atomic E-state index is 10.4. The molecule has 0 saturated heterocycles. The zero-order valence-corrected chi connectivity index (χ0v) is 8.80. The van der Waals surface area contributed by atoms with Crippen LogP contribution in [-0.4, -0.2) is 41.2 Å². The van der Waals surface area contributed by atoms with Crippen molar-refractivity contribution in [3.63, 3.8) is 0 Å². The fraction of sp³-hybridized carbons (Fsp3) is 1.00. The SMILES string of the molecule is CCOCC(COCC)NS(=O)O. The van der Waals surface area contributed by atoms with E-state index in [9.17, 15) is 4.21 Å². The monoisotopic (exact) mass is 211 g/mol. The topological polar surface area (TPSA) is 67.8 Å². The van der Waals surface area contributed by atoms with Crippen LogP contribution < -0.4 is 4.72 Å². The van der Waals surface area contributed by atoms with E-state index in [0.29, 0.717) is 26.4 Å². The van der Waals surface area contributed by atoms with Crippen LogP contribution in [0.2, 0.25) is 0 Å². The van der Waals surface area contributed by atoms with E-state index in [1.807, 2.05) is 13.8 Å². The molecule has 0 amide bonds. The Hall–Kier alpha value is -0.0100. The summed E-state index contributed by atoms with van der Waals surface area (Å²) in [5.41, 5.74) is 0. The van der Waals surface area contributed by atoms with E-state index in [-0.39, 0.29) is 6.04 Å². The van der Waals surface area contributed by atoms with Crippen molar-refractivity contribution in [2.45, 2.75) is 19.9 Å². The van der Waals surface area contributed by atoms with Crippen LogP contribution in [0.4, 0.5) is 0 Å². The Morgan fingerprint density at radius 2 is 1.77 bits per heavy atom. The number of hydrogen-bond acceptors (Lipinski definition) is 3. The van der Waals surface area contributed by atoms with Crippen molar-refractivity contribution in [2.75, 3.05) is 26.4 Å². The number of hydrogen-bond donors (Lipinski definition) is 2. The molecule has 2 N–H and O–H groups in total. The highest BCUT2D eigenvalue weighted by molar-refractivity contribution is 7.77. The number of rotatable bonds is 8. The maximum Gasteiger partial charge on any atom is 0.232 e. The molecule has 0 bridgehead atoms. The lowest BCUT2D eigenvalue weighted by atomic mass is 10.4. The van der Waals surface area contributed by atoms with Gasteiger partial charge in [0.05, 0.1) is 19.3 Å². The summed E-state index contributed by atoms with van der Waals surface area (Å²) in [6.45, 7) is 5.66. The molecule has 0 spiro atoms. The minimum atomic E-state index is -2.01. The summed E-state index contributed by atoms with van der Waals surface area (Å²) in [7, 11) is 0. The third-order valence-corrected chi connectivity index (χ3v) is 1.85. The highest BCUT2D eigenvalue weighted by Crippen LogP contribution is 1.89. The van der Waals surface area contributed by atoms with E-state index < -0.39 is 11.3 Å². The molecule has 1 atom stereocenters. The summed E-state index contributed by atoms with van der Waals surface area (Å²) in [5.74, 6) is 0. The molecular weight excluding hydrogens is 194 g/mol. The third-order valence-electron chi connectivity index (χ3n) is 1.31. The molecule has 0 aliphatic heterocycles. The van der Waals surface area contributed by atoms with E-state index >= 15 is 0 Å². The van der Waals surface area contributed by atoms with Gasteiger partial charge < -0.3 is 9.47 Å². The molecule has 0 saturated carbocycles. The number of nitrogens with one attached hydrogen (secondary N) is 1. The van der Waals surface area contributed by atoms with Gasteiger partial charge >= 0.3 is 0 Å². The Balaban J connectivity index is 3.66. The van der Waals surface area contributed by atoms with Crippen LogP contribution in [0.1, 0.15) is 13.8 Å². The molecule has 0 aliphatic carbocycles. The minimum absolute atomic E-state index is 0.231. The molecule has 1 unspecified atom stereocenters. The van der Waals surface area contributed by atoms with Gasteiger partial charge in [0.1, 0.15) is 0 Å². The van der Waals surface area contributed by atoms with E-state index in [1.54, 1.807) is 0 Å². The Morgan fingerprint density at radius 1 is 1.31 bits per heavy atom. The van der Waals surface area contributed by atoms with Crippen LogP contribution in [0.3, 0.4) is 0 Å². The van der Waals surface area contributed by atoms with Gasteiger partial charge in [-0.1, -0.05) is 0 Å². The molecule has 0 radical (unpaired) electrons. The second kappa shape index (κ2) is 8.58. The molecule has 13 heavy (non-hydrogen) atoms. The molecule has 0 aliphatic rings. The van der Waals surface area contributed by atoms with Gasteiger partial charge in [0.15, 0.2) is 0 Å². The molecule has 0 heterocycles. The van der Waals surface area contributed by atoms with Gasteiger partial charge in [-0.3, -0.25) is 4.55 Å². The largest absolute Gasteiger partial charge is 0.380 e. The smallest absolute Gasteiger partial charge is 0.232 e. The number of ether oxygens (including phenoxy) is 2. The molecule has 0 aromatic heterocycles. The lowest BCUT2D eigenvalue weighted by Crippen LogP contribution is -2.38. The molecule has 5 nitrogen and oxygen atoms in total. The maximum absolute atomic E-state index is 10.4. The zero-order chi connectivity index (χ0) is 10.1. The zero-order valence-electron chi connectivity index (χ0n) is 7.99. The Morgan fingerprint density at radius 3 is 2.08 bits per heavy atom. The second-order valence-electron chi connectivity index (χ2n) is 2.38. The van der Waals surface area contributed by atoms with Crippen molar-refractivity contribution in [2.24, 2.45) is 0 Å². The Labute approximate surface area is 81.2 Å². The van der Waals surface area contributed by atoms with Crippen LogP contribution in [-0.2, 0) is 20.7 Å². The van der Waals surface area contributed by atoms with Crippen molar-refractivity contribution < 1.29 is 18.2 Å². The summed E-state index contributed by atoms with van der Waals surface area (Å²) < 4.78 is 31.6. The second-order valence-corrected chi connectivity index (χ2v) is 3.12. The summed E-state index contributed by atoms with van der Waals surface area (Å²) in [5, 5.41) is 0. The van der Waals surface area contributed by atoms with E-state index in [0.717, 1.165) is 0 Å². The van der Waals surface area contributed by atoms with Crippen molar-refractivity contribution in [3.8, 4) is 0 Å². The van der Waals surface area contributed by atoms with Crippen molar-refractivity contribution in [1.29, 1.82) is 0 Å². The fourth-order valence-electron chi connectivity index (χ4n) is 0.779. The van der Waals surface area contributed by atoms with Crippen LogP contribution in [0.5, 0.6) is 0 Å². The lowest BCUT2D eigenvalue weighted by molar-refractivity contribution is 0.0723. The van der Waals surface area contributed by atoms with E-state index in [1.165, 1.54) is 0 Å². The van der Waals surface area contributed by atoms with Gasteiger partial charge in [0.2, 0.25) is 11.3 Å². The highest BCUT2D eigenvalue weighted by atomic mass is 32.2. The van der Waals surface area contributed by atoms with Gasteiger partial charge in [-0.25, -0.2) is 8.93 Å². The molecular formula is C7H17NO4S. The average Bonchev–Trinajstić information content (AvgIpc) is 2.09. The molecule has 0 fully saturated rings. The lowest BCUT2D eigenvalue weighted by Gasteiger charge is -2.15. The van der Waals surface area contributed by atoms with Crippen molar-refractivity contribution >= 4 is 11.3 Å². The first kappa shape index (κ1) is 13.0. The van der Waals surface area contributed by atoms with Crippen LogP contribution in [0.15, 0.2) is 0 Å². The van der Waals surface area contributed by atoms with Gasteiger partial charge in [0.25, 0.3) is 0 Å². The standard InChI is InChI=1S/C7H17NO4S/c1-3-11-5-7(6-12-4-2)8-13(9)10/h7-8H,3-6H2,1-2H3,(H,9,10). The molecule has 80 valence electrons. The first-order valence-corrected chi connectivity index (χ1v) is 5.33. The quantitative estimate of drug-likeness (QED) is 0.561. The third kappa shape index (κ3) is 8.32. The van der Waals surface area contributed by atoms with Gasteiger partial charge in [-0.15, -0.1) is 0 Å². The van der Waals surface area contributed by atoms with Crippen LogP contribution in [0.25, 0.3) is 0 Å².